The van der Waals surface area contributed by atoms with Crippen LogP contribution in [-0.2, 0) is 19.1 Å². The number of aliphatic hydroxyl groups excluding tert-OH is 2. The predicted molar refractivity (Wildman–Crippen MR) is 106 cm³/mol. The first kappa shape index (κ1) is 21.4. The average molecular weight is 418 g/mol. The van der Waals surface area contributed by atoms with Gasteiger partial charge >= 0.3 is 5.97 Å². The van der Waals surface area contributed by atoms with Crippen LogP contribution in [0, 0.1) is 28.6 Å². The Hall–Kier alpha value is -1.83. The highest BCUT2D eigenvalue weighted by Crippen LogP contribution is 2.67. The van der Waals surface area contributed by atoms with Crippen molar-refractivity contribution in [3.8, 4) is 0 Å². The molecule has 0 saturated heterocycles. The molecule has 0 aromatic heterocycles. The van der Waals surface area contributed by atoms with Gasteiger partial charge in [-0.2, -0.15) is 0 Å². The van der Waals surface area contributed by atoms with Crippen molar-refractivity contribution in [1.82, 2.24) is 0 Å². The first-order valence-electron chi connectivity index (χ1n) is 10.6. The number of ether oxygens (including phenoxy) is 1. The van der Waals surface area contributed by atoms with Crippen LogP contribution in [0.2, 0.25) is 0 Å². The van der Waals surface area contributed by atoms with Crippen molar-refractivity contribution < 1.29 is 34.4 Å². The molecule has 8 atom stereocenters. The lowest BCUT2D eigenvalue weighted by molar-refractivity contribution is -0.192. The number of Topliss-reactive ketones (excluding diaryl/α,β-unsaturated/α-hetero) is 1. The first-order valence-corrected chi connectivity index (χ1v) is 10.6. The SMILES string of the molecule is CC(=O)OCC(=O)[C@@]1(O)[C@H](O)C[C@@H]2[C@@H]3CCC4=CC(=O)C=C[C@]4(C)[C@@H]3[C@@H](O)C[C@@]21C. The minimum atomic E-state index is -2.09. The van der Waals surface area contributed by atoms with Crippen molar-refractivity contribution >= 4 is 17.5 Å². The highest BCUT2D eigenvalue weighted by atomic mass is 16.5. The second kappa shape index (κ2) is 6.84. The Morgan fingerprint density at radius 2 is 1.97 bits per heavy atom. The van der Waals surface area contributed by atoms with Crippen LogP contribution in [0.15, 0.2) is 23.8 Å². The molecule has 0 spiro atoms. The van der Waals surface area contributed by atoms with Gasteiger partial charge in [-0.05, 0) is 49.7 Å². The molecule has 0 heterocycles. The van der Waals surface area contributed by atoms with Gasteiger partial charge in [0.2, 0.25) is 5.78 Å². The van der Waals surface area contributed by atoms with E-state index in [1.807, 2.05) is 13.0 Å². The molecule has 0 unspecified atom stereocenters. The lowest BCUT2D eigenvalue weighted by Gasteiger charge is -2.59. The minimum Gasteiger partial charge on any atom is -0.458 e. The van der Waals surface area contributed by atoms with E-state index in [9.17, 15) is 29.7 Å². The molecule has 4 aliphatic carbocycles. The molecule has 0 aliphatic heterocycles. The van der Waals surface area contributed by atoms with Crippen LogP contribution in [0.4, 0.5) is 0 Å². The number of allylic oxidation sites excluding steroid dienone is 4. The number of carbonyl (C=O) groups excluding carboxylic acids is 3. The second-order valence-corrected chi connectivity index (χ2v) is 9.93. The summed E-state index contributed by atoms with van der Waals surface area (Å²) in [5.74, 6) is -1.79. The van der Waals surface area contributed by atoms with Gasteiger partial charge in [-0.25, -0.2) is 0 Å². The molecule has 30 heavy (non-hydrogen) atoms. The minimum absolute atomic E-state index is 0.0241. The van der Waals surface area contributed by atoms with Crippen LogP contribution >= 0.6 is 0 Å². The largest absolute Gasteiger partial charge is 0.458 e. The highest BCUT2D eigenvalue weighted by Gasteiger charge is 2.71. The smallest absolute Gasteiger partial charge is 0.303 e. The Kier molecular flexibility index (Phi) is 4.88. The molecule has 0 radical (unpaired) electrons. The molecule has 3 N–H and O–H groups in total. The number of ketones is 2. The van der Waals surface area contributed by atoms with Crippen LogP contribution in [0.1, 0.15) is 46.5 Å². The van der Waals surface area contributed by atoms with Gasteiger partial charge in [0.15, 0.2) is 18.0 Å². The molecule has 0 aromatic rings. The zero-order valence-corrected chi connectivity index (χ0v) is 17.6. The summed E-state index contributed by atoms with van der Waals surface area (Å²) in [6.45, 7) is 4.36. The molecule has 4 aliphatic rings. The number of hydrogen-bond acceptors (Lipinski definition) is 7. The Labute approximate surface area is 175 Å². The summed E-state index contributed by atoms with van der Waals surface area (Å²) in [7, 11) is 0. The fraction of sp³-hybridized carbons (Fsp3) is 0.696. The van der Waals surface area contributed by atoms with E-state index in [-0.39, 0.29) is 36.4 Å². The van der Waals surface area contributed by atoms with Crippen LogP contribution < -0.4 is 0 Å². The number of fused-ring (bicyclic) bond motifs is 5. The van der Waals surface area contributed by atoms with E-state index in [0.29, 0.717) is 12.8 Å². The van der Waals surface area contributed by atoms with Crippen molar-refractivity contribution in [2.75, 3.05) is 6.61 Å². The van der Waals surface area contributed by atoms with E-state index in [0.717, 1.165) is 5.57 Å². The Balaban J connectivity index is 1.70. The van der Waals surface area contributed by atoms with Gasteiger partial charge in [0, 0.05) is 23.7 Å². The van der Waals surface area contributed by atoms with Crippen LogP contribution in [0.5, 0.6) is 0 Å². The number of esters is 1. The average Bonchev–Trinajstić information content (AvgIpc) is 2.87. The van der Waals surface area contributed by atoms with Gasteiger partial charge in [-0.1, -0.05) is 25.5 Å². The third-order valence-corrected chi connectivity index (χ3v) is 8.55. The van der Waals surface area contributed by atoms with Crippen LogP contribution in [0.3, 0.4) is 0 Å². The topological polar surface area (TPSA) is 121 Å². The molecule has 0 bridgehead atoms. The van der Waals surface area contributed by atoms with Gasteiger partial charge in [0.05, 0.1) is 12.2 Å². The molecule has 0 amide bonds. The monoisotopic (exact) mass is 418 g/mol. The molecular formula is C23H30O7. The summed E-state index contributed by atoms with van der Waals surface area (Å²) in [6.07, 6.45) is 4.78. The lowest BCUT2D eigenvalue weighted by Crippen LogP contribution is -2.63. The van der Waals surface area contributed by atoms with Gasteiger partial charge in [0.1, 0.15) is 0 Å². The van der Waals surface area contributed by atoms with E-state index in [4.69, 9.17) is 4.74 Å². The predicted octanol–water partition coefficient (Wildman–Crippen LogP) is 1.10. The summed E-state index contributed by atoms with van der Waals surface area (Å²) >= 11 is 0. The molecule has 7 heteroatoms. The summed E-state index contributed by atoms with van der Waals surface area (Å²) in [6, 6.07) is 0. The maximum atomic E-state index is 12.9. The number of carbonyl (C=O) groups is 3. The molecule has 3 saturated carbocycles. The third kappa shape index (κ3) is 2.71. The van der Waals surface area contributed by atoms with E-state index in [1.165, 1.54) is 6.92 Å². The zero-order valence-electron chi connectivity index (χ0n) is 17.6. The lowest BCUT2D eigenvalue weighted by atomic mass is 9.46. The third-order valence-electron chi connectivity index (χ3n) is 8.55. The Morgan fingerprint density at radius 3 is 2.63 bits per heavy atom. The van der Waals surface area contributed by atoms with E-state index < -0.39 is 47.0 Å². The molecule has 164 valence electrons. The zero-order chi connectivity index (χ0) is 22.1. The first-order chi connectivity index (χ1) is 13.9. The second-order valence-electron chi connectivity index (χ2n) is 9.93. The van der Waals surface area contributed by atoms with Crippen LogP contribution in [-0.4, -0.2) is 57.3 Å². The Morgan fingerprint density at radius 1 is 1.27 bits per heavy atom. The van der Waals surface area contributed by atoms with Gasteiger partial charge in [-0.15, -0.1) is 0 Å². The molecule has 3 fully saturated rings. The van der Waals surface area contributed by atoms with Gasteiger partial charge in [0.25, 0.3) is 0 Å². The van der Waals surface area contributed by atoms with Crippen molar-refractivity contribution in [3.63, 3.8) is 0 Å². The van der Waals surface area contributed by atoms with E-state index in [2.05, 4.69) is 0 Å². The highest BCUT2D eigenvalue weighted by molar-refractivity contribution is 6.01. The molecule has 4 rings (SSSR count). The number of aliphatic hydroxyl groups is 3. The fourth-order valence-corrected chi connectivity index (χ4v) is 7.12. The number of rotatable bonds is 3. The maximum Gasteiger partial charge on any atom is 0.303 e. The van der Waals surface area contributed by atoms with E-state index in [1.54, 1.807) is 19.1 Å². The van der Waals surface area contributed by atoms with Gasteiger partial charge < -0.3 is 20.1 Å². The van der Waals surface area contributed by atoms with Crippen molar-refractivity contribution in [1.29, 1.82) is 0 Å². The van der Waals surface area contributed by atoms with E-state index >= 15 is 0 Å². The number of hydrogen-bond donors (Lipinski definition) is 3. The van der Waals surface area contributed by atoms with Crippen molar-refractivity contribution in [2.24, 2.45) is 28.6 Å². The molecule has 7 nitrogen and oxygen atoms in total. The summed E-state index contributed by atoms with van der Waals surface area (Å²) < 4.78 is 4.81. The quantitative estimate of drug-likeness (QED) is 0.587. The molecule has 0 aromatic carbocycles. The van der Waals surface area contributed by atoms with Crippen LogP contribution in [0.25, 0.3) is 0 Å². The standard InChI is InChI=1S/C23H30O7/c1-12(24)30-11-19(28)23(29)18(27)9-16-15-5-4-13-8-14(25)6-7-21(13,2)20(15)17(26)10-22(16,23)3/h6-8,15-18,20,26-27,29H,4-5,9-11H2,1-3H3/t15-,16+,17-,18+,20-,21-,22-,23-/m0/s1. The summed E-state index contributed by atoms with van der Waals surface area (Å²) in [5, 5.41) is 33.6. The van der Waals surface area contributed by atoms with Crippen molar-refractivity contribution in [3.05, 3.63) is 23.8 Å². The summed E-state index contributed by atoms with van der Waals surface area (Å²) in [4.78, 5) is 35.9. The van der Waals surface area contributed by atoms with Crippen molar-refractivity contribution in [2.45, 2.75) is 64.3 Å². The van der Waals surface area contributed by atoms with Gasteiger partial charge in [-0.3, -0.25) is 14.4 Å². The maximum absolute atomic E-state index is 12.9. The Bertz CT molecular complexity index is 860. The fourth-order valence-electron chi connectivity index (χ4n) is 7.12. The normalized spacial score (nSPS) is 47.1. The molecular weight excluding hydrogens is 388 g/mol. The summed E-state index contributed by atoms with van der Waals surface area (Å²) in [5.41, 5.74) is -2.59.